The SMILES string of the molecule is O=C(OC/C=C/c1ccccc1)C(F)Sc1ccccc1. The van der Waals surface area contributed by atoms with Crippen LogP contribution in [0, 0.1) is 0 Å². The second kappa shape index (κ2) is 8.27. The third kappa shape index (κ3) is 5.44. The molecule has 21 heavy (non-hydrogen) atoms. The molecule has 0 aliphatic rings. The van der Waals surface area contributed by atoms with Crippen LogP contribution in [-0.2, 0) is 9.53 Å². The first kappa shape index (κ1) is 15.3. The second-order valence-electron chi connectivity index (χ2n) is 4.19. The van der Waals surface area contributed by atoms with E-state index in [1.165, 1.54) is 0 Å². The Morgan fingerprint density at radius 2 is 1.71 bits per heavy atom. The first-order chi connectivity index (χ1) is 10.3. The number of thioether (sulfide) groups is 1. The van der Waals surface area contributed by atoms with E-state index < -0.39 is 11.5 Å². The van der Waals surface area contributed by atoms with Crippen molar-refractivity contribution in [3.05, 3.63) is 72.3 Å². The van der Waals surface area contributed by atoms with Crippen LogP contribution >= 0.6 is 11.8 Å². The first-order valence-corrected chi connectivity index (χ1v) is 7.37. The van der Waals surface area contributed by atoms with Gasteiger partial charge in [0.05, 0.1) is 0 Å². The number of rotatable bonds is 6. The van der Waals surface area contributed by atoms with Crippen LogP contribution in [0.15, 0.2) is 71.6 Å². The number of carbonyl (C=O) groups is 1. The fourth-order valence-electron chi connectivity index (χ4n) is 1.61. The highest BCUT2D eigenvalue weighted by atomic mass is 32.2. The first-order valence-electron chi connectivity index (χ1n) is 6.50. The molecule has 0 aliphatic carbocycles. The maximum Gasteiger partial charge on any atom is 0.352 e. The minimum absolute atomic E-state index is 0.0590. The van der Waals surface area contributed by atoms with Crippen molar-refractivity contribution >= 4 is 23.8 Å². The molecule has 0 N–H and O–H groups in total. The van der Waals surface area contributed by atoms with E-state index >= 15 is 0 Å². The summed E-state index contributed by atoms with van der Waals surface area (Å²) in [5.74, 6) is -0.860. The highest BCUT2D eigenvalue weighted by Crippen LogP contribution is 2.24. The van der Waals surface area contributed by atoms with Gasteiger partial charge in [-0.25, -0.2) is 9.18 Å². The molecule has 0 heterocycles. The summed E-state index contributed by atoms with van der Waals surface area (Å²) in [7, 11) is 0. The minimum atomic E-state index is -1.71. The largest absolute Gasteiger partial charge is 0.459 e. The number of ether oxygens (including phenoxy) is 1. The summed E-state index contributed by atoms with van der Waals surface area (Å²) in [6.07, 6.45) is 3.51. The zero-order valence-electron chi connectivity index (χ0n) is 11.3. The lowest BCUT2D eigenvalue weighted by atomic mass is 10.2. The molecule has 0 saturated heterocycles. The molecule has 2 nitrogen and oxygen atoms in total. The number of halogens is 1. The maximum atomic E-state index is 13.7. The Balaban J connectivity index is 1.75. The van der Waals surface area contributed by atoms with Gasteiger partial charge < -0.3 is 4.74 Å². The highest BCUT2D eigenvalue weighted by molar-refractivity contribution is 8.00. The zero-order valence-corrected chi connectivity index (χ0v) is 12.1. The Bertz CT molecular complexity index is 584. The van der Waals surface area contributed by atoms with Gasteiger partial charge in [0.25, 0.3) is 0 Å². The summed E-state index contributed by atoms with van der Waals surface area (Å²) in [5.41, 5.74) is -0.707. The van der Waals surface area contributed by atoms with Gasteiger partial charge in [-0.1, -0.05) is 66.4 Å². The van der Waals surface area contributed by atoms with Crippen molar-refractivity contribution in [3.63, 3.8) is 0 Å². The van der Waals surface area contributed by atoms with Crippen LogP contribution in [0.1, 0.15) is 5.56 Å². The molecular formula is C17H15FO2S. The van der Waals surface area contributed by atoms with Crippen LogP contribution in [0.2, 0.25) is 0 Å². The van der Waals surface area contributed by atoms with E-state index in [2.05, 4.69) is 0 Å². The van der Waals surface area contributed by atoms with Crippen LogP contribution in [0.25, 0.3) is 6.08 Å². The Morgan fingerprint density at radius 3 is 2.38 bits per heavy atom. The van der Waals surface area contributed by atoms with Crippen molar-refractivity contribution in [2.24, 2.45) is 0 Å². The molecule has 0 bridgehead atoms. The molecule has 0 aromatic heterocycles. The van der Waals surface area contributed by atoms with Crippen LogP contribution in [-0.4, -0.2) is 18.1 Å². The summed E-state index contributed by atoms with van der Waals surface area (Å²) in [6.45, 7) is 0.0590. The smallest absolute Gasteiger partial charge is 0.352 e. The summed E-state index contributed by atoms with van der Waals surface area (Å²) in [4.78, 5) is 12.2. The van der Waals surface area contributed by atoms with Crippen molar-refractivity contribution < 1.29 is 13.9 Å². The highest BCUT2D eigenvalue weighted by Gasteiger charge is 2.19. The van der Waals surface area contributed by atoms with Crippen molar-refractivity contribution in [2.45, 2.75) is 10.4 Å². The molecule has 0 saturated carbocycles. The molecule has 2 rings (SSSR count). The number of hydrogen-bond acceptors (Lipinski definition) is 3. The average molecular weight is 302 g/mol. The lowest BCUT2D eigenvalue weighted by Crippen LogP contribution is -2.15. The van der Waals surface area contributed by atoms with Gasteiger partial charge in [0.15, 0.2) is 0 Å². The number of alkyl halides is 1. The fourth-order valence-corrected chi connectivity index (χ4v) is 2.33. The van der Waals surface area contributed by atoms with E-state index in [-0.39, 0.29) is 6.61 Å². The molecular weight excluding hydrogens is 287 g/mol. The van der Waals surface area contributed by atoms with Gasteiger partial charge in [-0.15, -0.1) is 0 Å². The van der Waals surface area contributed by atoms with Crippen molar-refractivity contribution in [2.75, 3.05) is 6.61 Å². The molecule has 2 aromatic carbocycles. The van der Waals surface area contributed by atoms with Gasteiger partial charge in [0, 0.05) is 4.90 Å². The lowest BCUT2D eigenvalue weighted by molar-refractivity contribution is -0.144. The number of carbonyl (C=O) groups excluding carboxylic acids is 1. The van der Waals surface area contributed by atoms with E-state index in [9.17, 15) is 9.18 Å². The Morgan fingerprint density at radius 1 is 1.10 bits per heavy atom. The van der Waals surface area contributed by atoms with Crippen LogP contribution in [0.4, 0.5) is 4.39 Å². The number of benzene rings is 2. The van der Waals surface area contributed by atoms with E-state index in [4.69, 9.17) is 4.74 Å². The molecule has 0 spiro atoms. The maximum absolute atomic E-state index is 13.7. The van der Waals surface area contributed by atoms with Crippen LogP contribution in [0.3, 0.4) is 0 Å². The minimum Gasteiger partial charge on any atom is -0.459 e. The van der Waals surface area contributed by atoms with Crippen LogP contribution < -0.4 is 0 Å². The van der Waals surface area contributed by atoms with E-state index in [1.54, 1.807) is 30.3 Å². The number of esters is 1. The van der Waals surface area contributed by atoms with Gasteiger partial charge in [-0.2, -0.15) is 0 Å². The van der Waals surface area contributed by atoms with Gasteiger partial charge in [0.1, 0.15) is 6.61 Å². The third-order valence-corrected chi connectivity index (χ3v) is 3.54. The Kier molecular flexibility index (Phi) is 6.03. The fraction of sp³-hybridized carbons (Fsp3) is 0.118. The normalized spacial score (nSPS) is 12.2. The predicted octanol–water partition coefficient (Wildman–Crippen LogP) is 4.33. The summed E-state index contributed by atoms with van der Waals surface area (Å²) in [6, 6.07) is 18.5. The molecule has 0 aliphatic heterocycles. The van der Waals surface area contributed by atoms with Crippen molar-refractivity contribution in [1.29, 1.82) is 0 Å². The number of hydrogen-bond donors (Lipinski definition) is 0. The lowest BCUT2D eigenvalue weighted by Gasteiger charge is -2.07. The zero-order chi connectivity index (χ0) is 14.9. The molecule has 4 heteroatoms. The van der Waals surface area contributed by atoms with Gasteiger partial charge in [0.2, 0.25) is 5.50 Å². The van der Waals surface area contributed by atoms with E-state index in [1.807, 2.05) is 42.5 Å². The average Bonchev–Trinajstić information content (AvgIpc) is 2.53. The third-order valence-electron chi connectivity index (χ3n) is 2.60. The molecule has 0 radical (unpaired) electrons. The molecule has 108 valence electrons. The van der Waals surface area contributed by atoms with E-state index in [0.29, 0.717) is 4.90 Å². The molecule has 1 atom stereocenters. The van der Waals surface area contributed by atoms with Gasteiger partial charge >= 0.3 is 5.97 Å². The molecule has 2 aromatic rings. The van der Waals surface area contributed by atoms with Crippen LogP contribution in [0.5, 0.6) is 0 Å². The molecule has 0 amide bonds. The Hall–Kier alpha value is -2.07. The molecule has 0 fully saturated rings. The van der Waals surface area contributed by atoms with Crippen molar-refractivity contribution in [1.82, 2.24) is 0 Å². The monoisotopic (exact) mass is 302 g/mol. The van der Waals surface area contributed by atoms with E-state index in [0.717, 1.165) is 17.3 Å². The summed E-state index contributed by atoms with van der Waals surface area (Å²) in [5, 5.41) is 0. The topological polar surface area (TPSA) is 26.3 Å². The molecule has 1 unspecified atom stereocenters. The summed E-state index contributed by atoms with van der Waals surface area (Å²) < 4.78 is 18.6. The quantitative estimate of drug-likeness (QED) is 0.587. The van der Waals surface area contributed by atoms with Gasteiger partial charge in [-0.3, -0.25) is 0 Å². The Labute approximate surface area is 127 Å². The predicted molar refractivity (Wildman–Crippen MR) is 83.6 cm³/mol. The standard InChI is InChI=1S/C17H15FO2S/c18-16(21-15-11-5-2-6-12-15)17(19)20-13-7-10-14-8-3-1-4-9-14/h1-12,16H,13H2/b10-7+. The second-order valence-corrected chi connectivity index (χ2v) is 5.31. The van der Waals surface area contributed by atoms with Gasteiger partial charge in [-0.05, 0) is 23.8 Å². The summed E-state index contributed by atoms with van der Waals surface area (Å²) >= 11 is 0.841. The van der Waals surface area contributed by atoms with Crippen molar-refractivity contribution in [3.8, 4) is 0 Å².